The average Bonchev–Trinajstić information content (AvgIpc) is 3.04. The molecule has 0 atom stereocenters. The lowest BCUT2D eigenvalue weighted by atomic mass is 9.60. The molecule has 0 aromatic carbocycles. The molecule has 224 valence electrons. The van der Waals surface area contributed by atoms with Crippen LogP contribution in [0.2, 0.25) is 0 Å². The normalized spacial score (nSPS) is 27.0. The van der Waals surface area contributed by atoms with Crippen LogP contribution in [0.4, 0.5) is 0 Å². The molecule has 2 aliphatic carbocycles. The predicted molar refractivity (Wildman–Crippen MR) is 150 cm³/mol. The smallest absolute Gasteiger partial charge is 0.250 e. The minimum absolute atomic E-state index is 0.0979. The predicted octanol–water partition coefficient (Wildman–Crippen LogP) is 5.86. The van der Waals surface area contributed by atoms with Crippen LogP contribution in [0, 0.1) is 108 Å². The second kappa shape index (κ2) is 12.8. The van der Waals surface area contributed by atoms with Crippen LogP contribution in [0.1, 0.15) is 78.1 Å². The van der Waals surface area contributed by atoms with Gasteiger partial charge in [0, 0.05) is 25.7 Å². The highest BCUT2D eigenvalue weighted by atomic mass is 16.7. The first-order valence-corrected chi connectivity index (χ1v) is 14.5. The van der Waals surface area contributed by atoms with Crippen molar-refractivity contribution in [2.45, 2.75) is 89.6 Å². The van der Waals surface area contributed by atoms with Gasteiger partial charge in [-0.05, 0) is 42.9 Å². The van der Waals surface area contributed by atoms with Crippen molar-refractivity contribution in [3.8, 4) is 48.6 Å². The topological polar surface area (TPSA) is 227 Å². The lowest BCUT2D eigenvalue weighted by Crippen LogP contribution is -2.48. The summed E-state index contributed by atoms with van der Waals surface area (Å²) in [6, 6.07) is 14.6. The molecule has 0 unspecified atom stereocenters. The van der Waals surface area contributed by atoms with Gasteiger partial charge in [-0.2, -0.15) is 42.1 Å². The van der Waals surface area contributed by atoms with Gasteiger partial charge in [0.2, 0.25) is 0 Å². The standard InChI is InChI=1S/C33H28N8O4/c1-31(2,25-3-7-32(8-4-25)42-27(21(13-34)14-35)11-28(43-32)22(15-36)16-37)26-5-9-33(10-6-26)44-29(23(17-38)18-39)12-30(45-33)24(19-40)20-41/h25-26H,3-12H2,1-2H3. The Kier molecular flexibility index (Phi) is 9.07. The fraction of sp³-hybridized carbons (Fsp3) is 0.515. The highest BCUT2D eigenvalue weighted by molar-refractivity contribution is 5.45. The molecule has 45 heavy (non-hydrogen) atoms. The molecule has 0 aromatic heterocycles. The third kappa shape index (κ3) is 6.11. The van der Waals surface area contributed by atoms with E-state index in [9.17, 15) is 42.1 Å². The third-order valence-corrected chi connectivity index (χ3v) is 9.49. The molecule has 2 saturated carbocycles. The number of nitrogens with zero attached hydrogens (tertiary/aromatic N) is 8. The van der Waals surface area contributed by atoms with Crippen LogP contribution in [-0.4, -0.2) is 11.6 Å². The van der Waals surface area contributed by atoms with Gasteiger partial charge in [-0.3, -0.25) is 0 Å². The Bertz CT molecular complexity index is 1450. The van der Waals surface area contributed by atoms with E-state index in [2.05, 4.69) is 13.8 Å². The number of hydrogen-bond donors (Lipinski definition) is 0. The largest absolute Gasteiger partial charge is 0.454 e. The summed E-state index contributed by atoms with van der Waals surface area (Å²) in [6.07, 6.45) is 4.18. The molecule has 12 heteroatoms. The van der Waals surface area contributed by atoms with Crippen molar-refractivity contribution in [2.24, 2.45) is 17.3 Å². The van der Waals surface area contributed by atoms with Crippen LogP contribution in [0.3, 0.4) is 0 Å². The maximum absolute atomic E-state index is 9.45. The van der Waals surface area contributed by atoms with Crippen molar-refractivity contribution < 1.29 is 18.9 Å². The molecule has 4 fully saturated rings. The van der Waals surface area contributed by atoms with E-state index in [-0.39, 0.29) is 75.4 Å². The van der Waals surface area contributed by atoms with E-state index in [0.29, 0.717) is 51.4 Å². The van der Waals surface area contributed by atoms with E-state index in [1.807, 2.05) is 48.6 Å². The van der Waals surface area contributed by atoms with Gasteiger partial charge in [0.15, 0.2) is 22.3 Å². The molecular weight excluding hydrogens is 572 g/mol. The summed E-state index contributed by atoms with van der Waals surface area (Å²) >= 11 is 0. The Hall–Kier alpha value is -5.92. The average molecular weight is 601 g/mol. The summed E-state index contributed by atoms with van der Waals surface area (Å²) in [4.78, 5) is 0. The lowest BCUT2D eigenvalue weighted by Gasteiger charge is -2.51. The molecule has 4 rings (SSSR count). The molecule has 4 aliphatic rings. The van der Waals surface area contributed by atoms with E-state index >= 15 is 0 Å². The van der Waals surface area contributed by atoms with E-state index in [0.717, 1.165) is 0 Å². The summed E-state index contributed by atoms with van der Waals surface area (Å²) in [7, 11) is 0. The summed E-state index contributed by atoms with van der Waals surface area (Å²) in [5.74, 6) is -1.53. The second-order valence-corrected chi connectivity index (χ2v) is 12.0. The quantitative estimate of drug-likeness (QED) is 0.339. The molecule has 0 radical (unpaired) electrons. The minimum atomic E-state index is -1.20. The number of nitriles is 8. The van der Waals surface area contributed by atoms with Gasteiger partial charge in [0.05, 0.1) is 12.8 Å². The summed E-state index contributed by atoms with van der Waals surface area (Å²) in [5, 5.41) is 75.6. The summed E-state index contributed by atoms with van der Waals surface area (Å²) in [6.45, 7) is 4.41. The zero-order valence-corrected chi connectivity index (χ0v) is 24.9. The van der Waals surface area contributed by atoms with Gasteiger partial charge in [0.25, 0.3) is 11.6 Å². The molecular formula is C33H28N8O4. The van der Waals surface area contributed by atoms with Crippen LogP contribution >= 0.6 is 0 Å². The van der Waals surface area contributed by atoms with Crippen molar-refractivity contribution in [3.05, 3.63) is 45.3 Å². The Balaban J connectivity index is 1.52. The van der Waals surface area contributed by atoms with E-state index in [1.54, 1.807) is 0 Å². The monoisotopic (exact) mass is 600 g/mol. The molecule has 0 aromatic rings. The van der Waals surface area contributed by atoms with Gasteiger partial charge in [-0.1, -0.05) is 13.8 Å². The van der Waals surface area contributed by atoms with E-state index < -0.39 is 11.6 Å². The van der Waals surface area contributed by atoms with Gasteiger partial charge < -0.3 is 18.9 Å². The molecule has 0 N–H and O–H groups in total. The Labute approximate surface area is 261 Å². The Morgan fingerprint density at radius 2 is 0.711 bits per heavy atom. The number of rotatable bonds is 2. The molecule has 2 aliphatic heterocycles. The number of allylic oxidation sites excluding steroid dienone is 4. The van der Waals surface area contributed by atoms with E-state index in [4.69, 9.17) is 18.9 Å². The van der Waals surface area contributed by atoms with Gasteiger partial charge >= 0.3 is 0 Å². The van der Waals surface area contributed by atoms with Crippen LogP contribution in [-0.2, 0) is 18.9 Å². The first-order valence-electron chi connectivity index (χ1n) is 14.5. The molecule has 2 spiro atoms. The van der Waals surface area contributed by atoms with Crippen molar-refractivity contribution in [3.63, 3.8) is 0 Å². The summed E-state index contributed by atoms with van der Waals surface area (Å²) in [5.41, 5.74) is -1.05. The highest BCUT2D eigenvalue weighted by Crippen LogP contribution is 2.55. The lowest BCUT2D eigenvalue weighted by molar-refractivity contribution is -0.246. The molecule has 2 heterocycles. The van der Waals surface area contributed by atoms with Crippen molar-refractivity contribution in [1.29, 1.82) is 42.1 Å². The van der Waals surface area contributed by atoms with Crippen LogP contribution in [0.25, 0.3) is 0 Å². The zero-order valence-electron chi connectivity index (χ0n) is 24.9. The Morgan fingerprint density at radius 3 is 0.911 bits per heavy atom. The van der Waals surface area contributed by atoms with E-state index in [1.165, 1.54) is 0 Å². The first-order chi connectivity index (χ1) is 21.6. The van der Waals surface area contributed by atoms with Crippen molar-refractivity contribution in [2.75, 3.05) is 0 Å². The summed E-state index contributed by atoms with van der Waals surface area (Å²) < 4.78 is 24.5. The van der Waals surface area contributed by atoms with Crippen molar-refractivity contribution in [1.82, 2.24) is 0 Å². The molecule has 2 saturated heterocycles. The highest BCUT2D eigenvalue weighted by Gasteiger charge is 2.52. The fourth-order valence-electron chi connectivity index (χ4n) is 6.88. The minimum Gasteiger partial charge on any atom is -0.454 e. The maximum Gasteiger partial charge on any atom is 0.250 e. The zero-order chi connectivity index (χ0) is 32.8. The van der Waals surface area contributed by atoms with Crippen LogP contribution in [0.5, 0.6) is 0 Å². The molecule has 0 amide bonds. The third-order valence-electron chi connectivity index (χ3n) is 9.49. The molecule has 0 bridgehead atoms. The number of hydrogen-bond acceptors (Lipinski definition) is 12. The first kappa shape index (κ1) is 32.0. The SMILES string of the molecule is CC(C)(C1CCC2(CC1)OC(=C(C#N)C#N)CC(=C(C#N)C#N)O2)C1CCC2(CC1)OC(=C(C#N)C#N)CC(=C(C#N)C#N)O2. The second-order valence-electron chi connectivity index (χ2n) is 12.0. The number of ether oxygens (including phenoxy) is 4. The Morgan fingerprint density at radius 1 is 0.489 bits per heavy atom. The van der Waals surface area contributed by atoms with Crippen LogP contribution < -0.4 is 0 Å². The fourth-order valence-corrected chi connectivity index (χ4v) is 6.88. The van der Waals surface area contributed by atoms with Gasteiger partial charge in [0.1, 0.15) is 71.6 Å². The van der Waals surface area contributed by atoms with Gasteiger partial charge in [-0.25, -0.2) is 0 Å². The van der Waals surface area contributed by atoms with Gasteiger partial charge in [-0.15, -0.1) is 0 Å². The maximum atomic E-state index is 9.45. The van der Waals surface area contributed by atoms with Crippen LogP contribution in [0.15, 0.2) is 45.3 Å². The van der Waals surface area contributed by atoms with Crippen molar-refractivity contribution >= 4 is 0 Å². The molecule has 12 nitrogen and oxygen atoms in total.